The van der Waals surface area contributed by atoms with Crippen LogP contribution < -0.4 is 5.19 Å². The van der Waals surface area contributed by atoms with Crippen LogP contribution in [-0.4, -0.2) is 8.80 Å². The van der Waals surface area contributed by atoms with Gasteiger partial charge in [-0.2, -0.15) is 0 Å². The summed E-state index contributed by atoms with van der Waals surface area (Å²) in [7, 11) is -0.212. The molecule has 0 saturated carbocycles. The van der Waals surface area contributed by atoms with Crippen molar-refractivity contribution in [2.45, 2.75) is 13.1 Å². The van der Waals surface area contributed by atoms with Gasteiger partial charge in [0.05, 0.1) is 18.3 Å². The molecule has 0 fully saturated rings. The van der Waals surface area contributed by atoms with Gasteiger partial charge >= 0.3 is 8.80 Å². The fourth-order valence-corrected chi connectivity index (χ4v) is 1.63. The molecule has 0 bridgehead atoms. The summed E-state index contributed by atoms with van der Waals surface area (Å²) in [4.78, 5) is 0. The molecule has 0 amide bonds. The van der Waals surface area contributed by atoms with Gasteiger partial charge in [0, 0.05) is 0 Å². The third-order valence-corrected chi connectivity index (χ3v) is 2.84. The van der Waals surface area contributed by atoms with Gasteiger partial charge in [-0.05, 0) is 12.1 Å². The molecule has 0 saturated heterocycles. The van der Waals surface area contributed by atoms with Crippen LogP contribution in [0.1, 0.15) is 0 Å². The molecule has 1 heteroatoms. The van der Waals surface area contributed by atoms with Crippen molar-refractivity contribution in [2.75, 3.05) is 0 Å². The van der Waals surface area contributed by atoms with Crippen LogP contribution in [0.4, 0.5) is 0 Å². The van der Waals surface area contributed by atoms with Crippen LogP contribution in [0.2, 0.25) is 13.1 Å². The van der Waals surface area contributed by atoms with Crippen LogP contribution in [0.5, 0.6) is 0 Å². The molecule has 1 aromatic carbocycles. The van der Waals surface area contributed by atoms with E-state index in [1.807, 2.05) is 0 Å². The second-order valence-corrected chi connectivity index (χ2v) is 4.94. The third kappa shape index (κ3) is 1.68. The van der Waals surface area contributed by atoms with Gasteiger partial charge < -0.3 is 0 Å². The maximum absolute atomic E-state index is 2.31. The monoisotopic (exact) mass is 135 g/mol. The lowest BCUT2D eigenvalue weighted by Crippen LogP contribution is -2.21. The van der Waals surface area contributed by atoms with Crippen molar-refractivity contribution < 1.29 is 0 Å². The first-order valence-corrected chi connectivity index (χ1v) is 5.66. The summed E-state index contributed by atoms with van der Waals surface area (Å²) in [5.41, 5.74) is 0. The molecule has 0 aliphatic heterocycles. The predicted octanol–water partition coefficient (Wildman–Crippen LogP) is 1.65. The smallest absolute Gasteiger partial charge is 0.0621 e. The number of benzene rings is 1. The van der Waals surface area contributed by atoms with Crippen LogP contribution in [0.25, 0.3) is 0 Å². The Morgan fingerprint density at radius 2 is 1.56 bits per heavy atom. The minimum atomic E-state index is -0.212. The van der Waals surface area contributed by atoms with Crippen molar-refractivity contribution in [1.29, 1.82) is 0 Å². The Balaban J connectivity index is 2.85. The van der Waals surface area contributed by atoms with Crippen molar-refractivity contribution in [3.05, 3.63) is 30.3 Å². The van der Waals surface area contributed by atoms with E-state index in [4.69, 9.17) is 0 Å². The SMILES string of the molecule is C[Si+](C)c1ccccc1. The van der Waals surface area contributed by atoms with E-state index >= 15 is 0 Å². The largest absolute Gasteiger partial charge is 0.345 e. The fourth-order valence-electron chi connectivity index (χ4n) is 0.771. The Morgan fingerprint density at radius 3 is 1.89 bits per heavy atom. The first-order chi connectivity index (χ1) is 4.30. The average molecular weight is 135 g/mol. The summed E-state index contributed by atoms with van der Waals surface area (Å²) in [6.07, 6.45) is 0. The maximum atomic E-state index is 2.31. The molecule has 0 aromatic heterocycles. The summed E-state index contributed by atoms with van der Waals surface area (Å²) >= 11 is 0. The Morgan fingerprint density at radius 1 is 1.00 bits per heavy atom. The molecule has 0 spiro atoms. The van der Waals surface area contributed by atoms with E-state index in [0.717, 1.165) is 0 Å². The van der Waals surface area contributed by atoms with Gasteiger partial charge in [-0.25, -0.2) is 0 Å². The zero-order chi connectivity index (χ0) is 6.69. The van der Waals surface area contributed by atoms with E-state index in [2.05, 4.69) is 43.4 Å². The van der Waals surface area contributed by atoms with Gasteiger partial charge in [-0.3, -0.25) is 0 Å². The highest BCUT2D eigenvalue weighted by molar-refractivity contribution is 6.70. The van der Waals surface area contributed by atoms with Gasteiger partial charge in [0.2, 0.25) is 0 Å². The van der Waals surface area contributed by atoms with Crippen molar-refractivity contribution in [1.82, 2.24) is 0 Å². The molecular formula is C8H11Si+. The number of hydrogen-bond acceptors (Lipinski definition) is 0. The maximum Gasteiger partial charge on any atom is 0.345 e. The van der Waals surface area contributed by atoms with Crippen LogP contribution in [-0.2, 0) is 0 Å². The predicted molar refractivity (Wildman–Crippen MR) is 43.6 cm³/mol. The topological polar surface area (TPSA) is 0 Å². The van der Waals surface area contributed by atoms with Crippen molar-refractivity contribution >= 4 is 14.0 Å². The zero-order valence-corrected chi connectivity index (χ0v) is 6.89. The molecule has 0 nitrogen and oxygen atoms in total. The molecule has 1 aromatic rings. The molecule has 0 radical (unpaired) electrons. The van der Waals surface area contributed by atoms with Gasteiger partial charge in [-0.15, -0.1) is 0 Å². The molecule has 9 heavy (non-hydrogen) atoms. The van der Waals surface area contributed by atoms with E-state index in [9.17, 15) is 0 Å². The molecule has 46 valence electrons. The fraction of sp³-hybridized carbons (Fsp3) is 0.250. The molecular weight excluding hydrogens is 124 g/mol. The summed E-state index contributed by atoms with van der Waals surface area (Å²) in [5.74, 6) is 0. The highest BCUT2D eigenvalue weighted by Crippen LogP contribution is 1.85. The van der Waals surface area contributed by atoms with Crippen LogP contribution in [0, 0.1) is 0 Å². The van der Waals surface area contributed by atoms with Crippen molar-refractivity contribution in [3.8, 4) is 0 Å². The van der Waals surface area contributed by atoms with Gasteiger partial charge in [0.25, 0.3) is 0 Å². The van der Waals surface area contributed by atoms with Crippen LogP contribution in [0.3, 0.4) is 0 Å². The molecule has 0 heterocycles. The Labute approximate surface area is 58.1 Å². The summed E-state index contributed by atoms with van der Waals surface area (Å²) in [6.45, 7) is 4.61. The molecule has 1 rings (SSSR count). The Bertz CT molecular complexity index is 167. The van der Waals surface area contributed by atoms with Gasteiger partial charge in [0.15, 0.2) is 0 Å². The van der Waals surface area contributed by atoms with Gasteiger partial charge in [0.1, 0.15) is 0 Å². The molecule has 0 aliphatic carbocycles. The van der Waals surface area contributed by atoms with E-state index in [1.165, 1.54) is 5.19 Å². The molecule has 0 atom stereocenters. The van der Waals surface area contributed by atoms with Crippen LogP contribution >= 0.6 is 0 Å². The van der Waals surface area contributed by atoms with E-state index in [0.29, 0.717) is 0 Å². The van der Waals surface area contributed by atoms with E-state index < -0.39 is 0 Å². The normalized spacial score (nSPS) is 9.11. The van der Waals surface area contributed by atoms with Crippen molar-refractivity contribution in [2.24, 2.45) is 0 Å². The first-order valence-electron chi connectivity index (χ1n) is 3.16. The average Bonchev–Trinajstić information content (AvgIpc) is 1.90. The molecule has 0 unspecified atom stereocenters. The first kappa shape index (κ1) is 6.56. The van der Waals surface area contributed by atoms with Crippen molar-refractivity contribution in [3.63, 3.8) is 0 Å². The highest BCUT2D eigenvalue weighted by Gasteiger charge is 2.12. The van der Waals surface area contributed by atoms with E-state index in [1.54, 1.807) is 0 Å². The quantitative estimate of drug-likeness (QED) is 0.514. The highest BCUT2D eigenvalue weighted by atomic mass is 28.3. The molecule has 0 N–H and O–H groups in total. The Kier molecular flexibility index (Phi) is 2.06. The molecule has 0 aliphatic rings. The minimum Gasteiger partial charge on any atom is -0.0621 e. The lowest BCUT2D eigenvalue weighted by atomic mass is 10.4. The number of hydrogen-bond donors (Lipinski definition) is 0. The number of rotatable bonds is 1. The Hall–Kier alpha value is -0.563. The van der Waals surface area contributed by atoms with Gasteiger partial charge in [-0.1, -0.05) is 18.2 Å². The summed E-state index contributed by atoms with van der Waals surface area (Å²) in [6, 6.07) is 10.7. The lowest BCUT2D eigenvalue weighted by molar-refractivity contribution is 1.74. The van der Waals surface area contributed by atoms with Crippen LogP contribution in [0.15, 0.2) is 30.3 Å². The summed E-state index contributed by atoms with van der Waals surface area (Å²) < 4.78 is 0. The third-order valence-electron chi connectivity index (χ3n) is 1.35. The second kappa shape index (κ2) is 2.83. The minimum absolute atomic E-state index is 0.212. The summed E-state index contributed by atoms with van der Waals surface area (Å²) in [5, 5.41) is 1.52. The zero-order valence-electron chi connectivity index (χ0n) is 5.89. The standard InChI is InChI=1S/C8H11Si/c1-9(2)8-6-4-3-5-7-8/h3-7H,1-2H3/q+1. The second-order valence-electron chi connectivity index (χ2n) is 2.37. The lowest BCUT2D eigenvalue weighted by Gasteiger charge is -1.86. The van der Waals surface area contributed by atoms with E-state index in [-0.39, 0.29) is 8.80 Å².